The molecule has 3 nitrogen and oxygen atoms in total. The van der Waals surface area contributed by atoms with E-state index in [1.165, 1.54) is 12.8 Å². The molecule has 0 radical (unpaired) electrons. The van der Waals surface area contributed by atoms with Gasteiger partial charge >= 0.3 is 0 Å². The number of nitrogens with one attached hydrogen (secondary N) is 1. The highest BCUT2D eigenvalue weighted by Gasteiger charge is 2.31. The lowest BCUT2D eigenvalue weighted by Gasteiger charge is -2.26. The van der Waals surface area contributed by atoms with Crippen molar-refractivity contribution in [1.29, 1.82) is 0 Å². The van der Waals surface area contributed by atoms with Gasteiger partial charge in [0.2, 0.25) is 5.91 Å². The Morgan fingerprint density at radius 2 is 1.89 bits per heavy atom. The Kier molecular flexibility index (Phi) is 5.93. The summed E-state index contributed by atoms with van der Waals surface area (Å²) in [5, 5.41) is 3.62. The number of amides is 1. The van der Waals surface area contributed by atoms with Crippen molar-refractivity contribution in [3.63, 3.8) is 0 Å². The first kappa shape index (κ1) is 15.8. The zero-order valence-electron chi connectivity index (χ0n) is 11.8. The molecule has 0 aliphatic carbocycles. The van der Waals surface area contributed by atoms with Crippen LogP contribution in [-0.2, 0) is 4.79 Å². The lowest BCUT2D eigenvalue weighted by molar-refractivity contribution is -0.132. The molecule has 3 unspecified atom stereocenters. The van der Waals surface area contributed by atoms with E-state index in [2.05, 4.69) is 31.0 Å². The standard InChI is InChI=1S/C14H26N2O.ClH/c1-10(2)11(3)8-14(17)16-7-6-12-4-5-13(9-16)15-12;/h10-13,15H,4-9H2,1-3H3;1H. The van der Waals surface area contributed by atoms with E-state index >= 15 is 0 Å². The van der Waals surface area contributed by atoms with Crippen molar-refractivity contribution in [1.82, 2.24) is 10.2 Å². The highest BCUT2D eigenvalue weighted by atomic mass is 35.5. The number of carbonyl (C=O) groups excluding carboxylic acids is 1. The summed E-state index contributed by atoms with van der Waals surface area (Å²) in [5.74, 6) is 1.46. The molecule has 2 saturated heterocycles. The fourth-order valence-electron chi connectivity index (χ4n) is 2.81. The molecule has 18 heavy (non-hydrogen) atoms. The smallest absolute Gasteiger partial charge is 0.222 e. The molecule has 4 heteroatoms. The van der Waals surface area contributed by atoms with Crippen molar-refractivity contribution in [3.8, 4) is 0 Å². The van der Waals surface area contributed by atoms with Gasteiger partial charge in [-0.3, -0.25) is 4.79 Å². The fraction of sp³-hybridized carbons (Fsp3) is 0.929. The van der Waals surface area contributed by atoms with Crippen LogP contribution in [0.15, 0.2) is 0 Å². The maximum atomic E-state index is 12.2. The summed E-state index contributed by atoms with van der Waals surface area (Å²) in [5.41, 5.74) is 0. The summed E-state index contributed by atoms with van der Waals surface area (Å²) in [6.07, 6.45) is 4.40. The van der Waals surface area contributed by atoms with E-state index in [9.17, 15) is 4.79 Å². The SMILES string of the molecule is CC(C)C(C)CC(=O)N1CCC2CCC(C1)N2.Cl. The van der Waals surface area contributed by atoms with Gasteiger partial charge < -0.3 is 10.2 Å². The van der Waals surface area contributed by atoms with Gasteiger partial charge in [-0.25, -0.2) is 0 Å². The molecule has 0 aromatic rings. The first-order valence-corrected chi connectivity index (χ1v) is 7.10. The average Bonchev–Trinajstić information content (AvgIpc) is 2.57. The molecule has 2 aliphatic rings. The molecule has 106 valence electrons. The molecule has 1 N–H and O–H groups in total. The summed E-state index contributed by atoms with van der Waals surface area (Å²) in [4.78, 5) is 14.3. The summed E-state index contributed by atoms with van der Waals surface area (Å²) >= 11 is 0. The fourth-order valence-corrected chi connectivity index (χ4v) is 2.81. The zero-order valence-corrected chi connectivity index (χ0v) is 12.6. The minimum Gasteiger partial charge on any atom is -0.341 e. The number of hydrogen-bond acceptors (Lipinski definition) is 2. The van der Waals surface area contributed by atoms with Crippen molar-refractivity contribution in [2.24, 2.45) is 11.8 Å². The topological polar surface area (TPSA) is 32.3 Å². The third kappa shape index (κ3) is 3.86. The van der Waals surface area contributed by atoms with Gasteiger partial charge in [0.1, 0.15) is 0 Å². The molecular weight excluding hydrogens is 248 g/mol. The Morgan fingerprint density at radius 1 is 1.22 bits per heavy atom. The van der Waals surface area contributed by atoms with E-state index in [0.29, 0.717) is 29.8 Å². The van der Waals surface area contributed by atoms with Crippen LogP contribution in [0.2, 0.25) is 0 Å². The first-order valence-electron chi connectivity index (χ1n) is 7.10. The van der Waals surface area contributed by atoms with Crippen LogP contribution >= 0.6 is 12.4 Å². The summed E-state index contributed by atoms with van der Waals surface area (Å²) in [6.45, 7) is 8.47. The van der Waals surface area contributed by atoms with Gasteiger partial charge in [-0.15, -0.1) is 12.4 Å². The lowest BCUT2D eigenvalue weighted by atomic mass is 9.94. The zero-order chi connectivity index (χ0) is 12.4. The van der Waals surface area contributed by atoms with Crippen LogP contribution in [0.4, 0.5) is 0 Å². The van der Waals surface area contributed by atoms with Crippen molar-refractivity contribution in [3.05, 3.63) is 0 Å². The van der Waals surface area contributed by atoms with Crippen LogP contribution in [0.5, 0.6) is 0 Å². The van der Waals surface area contributed by atoms with Crippen molar-refractivity contribution < 1.29 is 4.79 Å². The molecular formula is C14H27ClN2O. The maximum absolute atomic E-state index is 12.2. The Labute approximate surface area is 117 Å². The summed E-state index contributed by atoms with van der Waals surface area (Å²) in [6, 6.07) is 1.22. The number of carbonyl (C=O) groups is 1. The van der Waals surface area contributed by atoms with E-state index in [4.69, 9.17) is 0 Å². The van der Waals surface area contributed by atoms with E-state index < -0.39 is 0 Å². The molecule has 2 fully saturated rings. The molecule has 3 atom stereocenters. The second-order valence-electron chi connectivity index (χ2n) is 6.19. The molecule has 0 spiro atoms. The van der Waals surface area contributed by atoms with Crippen LogP contribution < -0.4 is 5.32 Å². The molecule has 0 aromatic heterocycles. The van der Waals surface area contributed by atoms with Crippen LogP contribution in [0.1, 0.15) is 46.5 Å². The van der Waals surface area contributed by atoms with Gasteiger partial charge in [-0.2, -0.15) is 0 Å². The van der Waals surface area contributed by atoms with Crippen LogP contribution in [-0.4, -0.2) is 36.0 Å². The van der Waals surface area contributed by atoms with Gasteiger partial charge in [0.05, 0.1) is 0 Å². The van der Waals surface area contributed by atoms with Crippen LogP contribution in [0, 0.1) is 11.8 Å². The number of hydrogen-bond donors (Lipinski definition) is 1. The minimum atomic E-state index is 0. The monoisotopic (exact) mass is 274 g/mol. The first-order chi connectivity index (χ1) is 8.06. The molecule has 2 aliphatic heterocycles. The lowest BCUT2D eigenvalue weighted by Crippen LogP contribution is -2.39. The van der Waals surface area contributed by atoms with Gasteiger partial charge in [-0.05, 0) is 31.1 Å². The van der Waals surface area contributed by atoms with Gasteiger partial charge in [0.15, 0.2) is 0 Å². The molecule has 2 bridgehead atoms. The number of likely N-dealkylation sites (tertiary alicyclic amines) is 1. The Balaban J connectivity index is 0.00000162. The van der Waals surface area contributed by atoms with Crippen molar-refractivity contribution >= 4 is 18.3 Å². The second-order valence-corrected chi connectivity index (χ2v) is 6.19. The Hall–Kier alpha value is -0.280. The predicted octanol–water partition coefficient (Wildman–Crippen LogP) is 2.44. The minimum absolute atomic E-state index is 0. The largest absolute Gasteiger partial charge is 0.341 e. The van der Waals surface area contributed by atoms with Gasteiger partial charge in [0.25, 0.3) is 0 Å². The third-order valence-electron chi connectivity index (χ3n) is 4.51. The quantitative estimate of drug-likeness (QED) is 0.857. The third-order valence-corrected chi connectivity index (χ3v) is 4.51. The molecule has 0 saturated carbocycles. The van der Waals surface area contributed by atoms with Crippen molar-refractivity contribution in [2.45, 2.75) is 58.5 Å². The van der Waals surface area contributed by atoms with Crippen LogP contribution in [0.3, 0.4) is 0 Å². The molecule has 2 rings (SSSR count). The highest BCUT2D eigenvalue weighted by Crippen LogP contribution is 2.22. The molecule has 2 heterocycles. The number of halogens is 1. The van der Waals surface area contributed by atoms with Gasteiger partial charge in [0, 0.05) is 31.6 Å². The summed E-state index contributed by atoms with van der Waals surface area (Å²) in [7, 11) is 0. The van der Waals surface area contributed by atoms with Gasteiger partial charge in [-0.1, -0.05) is 20.8 Å². The van der Waals surface area contributed by atoms with E-state index in [0.717, 1.165) is 25.9 Å². The normalized spacial score (nSPS) is 28.8. The second kappa shape index (κ2) is 6.76. The maximum Gasteiger partial charge on any atom is 0.222 e. The van der Waals surface area contributed by atoms with Crippen LogP contribution in [0.25, 0.3) is 0 Å². The van der Waals surface area contributed by atoms with E-state index in [1.54, 1.807) is 0 Å². The highest BCUT2D eigenvalue weighted by molar-refractivity contribution is 5.85. The number of rotatable bonds is 3. The van der Waals surface area contributed by atoms with E-state index in [1.807, 2.05) is 0 Å². The molecule has 1 amide bonds. The molecule has 0 aromatic carbocycles. The number of fused-ring (bicyclic) bond motifs is 2. The van der Waals surface area contributed by atoms with Crippen molar-refractivity contribution in [2.75, 3.05) is 13.1 Å². The average molecular weight is 275 g/mol. The van der Waals surface area contributed by atoms with E-state index in [-0.39, 0.29) is 12.4 Å². The number of nitrogens with zero attached hydrogens (tertiary/aromatic N) is 1. The summed E-state index contributed by atoms with van der Waals surface area (Å²) < 4.78 is 0. The Bertz CT molecular complexity index is 283. The Morgan fingerprint density at radius 3 is 2.56 bits per heavy atom. The predicted molar refractivity (Wildman–Crippen MR) is 77.0 cm³/mol.